The van der Waals surface area contributed by atoms with Crippen LogP contribution in [0.25, 0.3) is 0 Å². The van der Waals surface area contributed by atoms with Crippen molar-refractivity contribution < 1.29 is 17.6 Å². The number of fused-ring (bicyclic) bond motifs is 2. The van der Waals surface area contributed by atoms with E-state index in [0.29, 0.717) is 11.8 Å². The summed E-state index contributed by atoms with van der Waals surface area (Å²) in [4.78, 5) is 12.5. The van der Waals surface area contributed by atoms with Crippen LogP contribution in [0, 0.1) is 17.7 Å². The maximum Gasteiger partial charge on any atom is 0.304 e. The van der Waals surface area contributed by atoms with Gasteiger partial charge in [-0.3, -0.25) is 4.79 Å². The molecule has 2 aliphatic rings. The third-order valence-corrected chi connectivity index (χ3v) is 7.04. The van der Waals surface area contributed by atoms with Gasteiger partial charge in [0.25, 0.3) is 0 Å². The van der Waals surface area contributed by atoms with Gasteiger partial charge in [0.2, 0.25) is 5.91 Å². The molecule has 1 N–H and O–H groups in total. The van der Waals surface area contributed by atoms with E-state index in [1.54, 1.807) is 6.07 Å². The average Bonchev–Trinajstić information content (AvgIpc) is 3.16. The molecule has 6 nitrogen and oxygen atoms in total. The summed E-state index contributed by atoms with van der Waals surface area (Å²) in [7, 11) is -1.27. The molecule has 1 amide bonds. The molecule has 25 heavy (non-hydrogen) atoms. The van der Waals surface area contributed by atoms with Crippen LogP contribution >= 0.6 is 0 Å². The molecule has 1 aromatic rings. The minimum absolute atomic E-state index is 0.107. The molecule has 0 aliphatic heterocycles. The highest BCUT2D eigenvalue weighted by atomic mass is 32.2. The van der Waals surface area contributed by atoms with Crippen molar-refractivity contribution in [1.29, 1.82) is 0 Å². The lowest BCUT2D eigenvalue weighted by Crippen LogP contribution is -2.48. The fourth-order valence-corrected chi connectivity index (χ4v) is 5.02. The van der Waals surface area contributed by atoms with Gasteiger partial charge in [-0.1, -0.05) is 18.6 Å². The maximum atomic E-state index is 14.2. The maximum absolute atomic E-state index is 14.2. The zero-order valence-electron chi connectivity index (χ0n) is 14.5. The van der Waals surface area contributed by atoms with Gasteiger partial charge in [0, 0.05) is 20.1 Å². The largest absolute Gasteiger partial charge is 0.352 e. The van der Waals surface area contributed by atoms with Crippen molar-refractivity contribution in [3.05, 3.63) is 30.1 Å². The second-order valence-corrected chi connectivity index (χ2v) is 9.16. The van der Waals surface area contributed by atoms with Crippen molar-refractivity contribution in [2.45, 2.75) is 31.7 Å². The monoisotopic (exact) mass is 369 g/mol. The van der Waals surface area contributed by atoms with Crippen LogP contribution in [0.15, 0.2) is 24.3 Å². The fourth-order valence-electron chi connectivity index (χ4n) is 3.95. The smallest absolute Gasteiger partial charge is 0.304 e. The number of hydrogen-bond acceptors (Lipinski definition) is 3. The predicted molar refractivity (Wildman–Crippen MR) is 93.7 cm³/mol. The Balaban J connectivity index is 1.78. The molecule has 0 unspecified atom stereocenters. The van der Waals surface area contributed by atoms with E-state index in [2.05, 4.69) is 5.32 Å². The van der Waals surface area contributed by atoms with Gasteiger partial charge in [-0.25, -0.2) is 8.70 Å². The number of halogens is 1. The van der Waals surface area contributed by atoms with Crippen molar-refractivity contribution in [3.63, 3.8) is 0 Å². The summed E-state index contributed by atoms with van der Waals surface area (Å²) in [5.74, 6) is 0.0803. The van der Waals surface area contributed by atoms with Gasteiger partial charge in [-0.05, 0) is 43.2 Å². The Labute approximate surface area is 148 Å². The van der Waals surface area contributed by atoms with Gasteiger partial charge < -0.3 is 5.32 Å². The first-order valence-corrected chi connectivity index (χ1v) is 9.93. The lowest BCUT2D eigenvalue weighted by molar-refractivity contribution is -0.120. The van der Waals surface area contributed by atoms with E-state index in [0.717, 1.165) is 27.9 Å². The molecule has 3 rings (SSSR count). The summed E-state index contributed by atoms with van der Waals surface area (Å²) >= 11 is 0. The Morgan fingerprint density at radius 2 is 1.96 bits per heavy atom. The van der Waals surface area contributed by atoms with E-state index in [-0.39, 0.29) is 11.7 Å². The van der Waals surface area contributed by atoms with E-state index >= 15 is 0 Å². The summed E-state index contributed by atoms with van der Waals surface area (Å²) in [6.07, 6.45) is 4.42. The lowest BCUT2D eigenvalue weighted by atomic mass is 9.95. The Hall–Kier alpha value is -1.67. The lowest BCUT2D eigenvalue weighted by Gasteiger charge is -2.29. The van der Waals surface area contributed by atoms with Crippen molar-refractivity contribution in [3.8, 4) is 0 Å². The Kier molecular flexibility index (Phi) is 5.02. The molecule has 138 valence electrons. The first-order valence-electron chi connectivity index (χ1n) is 8.53. The summed E-state index contributed by atoms with van der Waals surface area (Å²) < 4.78 is 41.1. The second kappa shape index (κ2) is 6.92. The first kappa shape index (κ1) is 18.1. The van der Waals surface area contributed by atoms with Gasteiger partial charge in [0.1, 0.15) is 12.4 Å². The number of carbonyl (C=O) groups excluding carboxylic acids is 1. The van der Waals surface area contributed by atoms with Gasteiger partial charge in [-0.2, -0.15) is 12.7 Å². The highest BCUT2D eigenvalue weighted by molar-refractivity contribution is 7.90. The highest BCUT2D eigenvalue weighted by Crippen LogP contribution is 2.44. The number of carbonyl (C=O) groups is 1. The van der Waals surface area contributed by atoms with Crippen LogP contribution in [0.3, 0.4) is 0 Å². The van der Waals surface area contributed by atoms with E-state index < -0.39 is 28.5 Å². The van der Waals surface area contributed by atoms with Crippen molar-refractivity contribution >= 4 is 21.8 Å². The van der Waals surface area contributed by atoms with Crippen LogP contribution < -0.4 is 9.62 Å². The zero-order valence-corrected chi connectivity index (χ0v) is 15.3. The van der Waals surface area contributed by atoms with Crippen LogP contribution in [-0.2, 0) is 15.0 Å². The Morgan fingerprint density at radius 1 is 1.24 bits per heavy atom. The molecule has 2 fully saturated rings. The molecule has 0 aromatic heterocycles. The third-order valence-electron chi connectivity index (χ3n) is 5.23. The molecule has 0 saturated heterocycles. The fraction of sp³-hybridized carbons (Fsp3) is 0.588. The second-order valence-electron chi connectivity index (χ2n) is 7.10. The molecule has 0 heterocycles. The predicted octanol–water partition coefficient (Wildman–Crippen LogP) is 1.74. The normalized spacial score (nSPS) is 25.4. The first-order chi connectivity index (χ1) is 11.8. The minimum Gasteiger partial charge on any atom is -0.352 e. The van der Waals surface area contributed by atoms with E-state index in [1.165, 1.54) is 38.7 Å². The van der Waals surface area contributed by atoms with Crippen molar-refractivity contribution in [2.24, 2.45) is 11.8 Å². The van der Waals surface area contributed by atoms with Crippen LogP contribution in [0.5, 0.6) is 0 Å². The number of anilines is 1. The van der Waals surface area contributed by atoms with Gasteiger partial charge >= 0.3 is 10.2 Å². The SMILES string of the molecule is CN(C)S(=O)(=O)N(CC(=O)N[C@@H]1C[C@H]2CC[C@H]1C2)c1ccccc1F. The van der Waals surface area contributed by atoms with Crippen LogP contribution in [0.1, 0.15) is 25.7 Å². The number of rotatable bonds is 6. The number of amides is 1. The van der Waals surface area contributed by atoms with E-state index in [1.807, 2.05) is 0 Å². The molecule has 2 aliphatic carbocycles. The Bertz CT molecular complexity index is 753. The summed E-state index contributed by atoms with van der Waals surface area (Å²) in [6.45, 7) is -0.435. The van der Waals surface area contributed by atoms with Gasteiger partial charge in [0.05, 0.1) is 5.69 Å². The van der Waals surface area contributed by atoms with Crippen molar-refractivity contribution in [1.82, 2.24) is 9.62 Å². The summed E-state index contributed by atoms with van der Waals surface area (Å²) in [5.41, 5.74) is -0.126. The molecule has 0 radical (unpaired) electrons. The number of benzene rings is 1. The molecule has 2 bridgehead atoms. The van der Waals surface area contributed by atoms with Gasteiger partial charge in [0.15, 0.2) is 0 Å². The summed E-state index contributed by atoms with van der Waals surface area (Å²) in [5, 5.41) is 2.95. The van der Waals surface area contributed by atoms with Crippen LogP contribution in [0.4, 0.5) is 10.1 Å². The average molecular weight is 369 g/mol. The molecule has 2 saturated carbocycles. The third kappa shape index (κ3) is 3.64. The molecular weight excluding hydrogens is 345 g/mol. The summed E-state index contributed by atoms with van der Waals surface area (Å²) in [6, 6.07) is 5.68. The standard InChI is InChI=1S/C17H24FN3O3S/c1-20(2)25(23,24)21(16-6-4-3-5-14(16)18)11-17(22)19-15-10-12-7-8-13(15)9-12/h3-6,12-13,15H,7-11H2,1-2H3,(H,19,22)/t12-,13-,15+/m0/s1. The number of nitrogens with zero attached hydrogens (tertiary/aromatic N) is 2. The van der Waals surface area contributed by atoms with Crippen LogP contribution in [0.2, 0.25) is 0 Å². The molecular formula is C17H24FN3O3S. The number of para-hydroxylation sites is 1. The zero-order chi connectivity index (χ0) is 18.2. The van der Waals surface area contributed by atoms with E-state index in [9.17, 15) is 17.6 Å². The Morgan fingerprint density at radius 3 is 2.52 bits per heavy atom. The highest BCUT2D eigenvalue weighted by Gasteiger charge is 2.40. The van der Waals surface area contributed by atoms with E-state index in [4.69, 9.17) is 0 Å². The molecule has 1 aromatic carbocycles. The molecule has 3 atom stereocenters. The number of nitrogens with one attached hydrogen (secondary N) is 1. The topological polar surface area (TPSA) is 69.7 Å². The van der Waals surface area contributed by atoms with Crippen molar-refractivity contribution in [2.75, 3.05) is 24.9 Å². The molecule has 8 heteroatoms. The molecule has 0 spiro atoms. The van der Waals surface area contributed by atoms with Crippen LogP contribution in [-0.4, -0.2) is 45.3 Å². The quantitative estimate of drug-likeness (QED) is 0.830. The van der Waals surface area contributed by atoms with Gasteiger partial charge in [-0.15, -0.1) is 0 Å². The number of hydrogen-bond donors (Lipinski definition) is 1. The minimum atomic E-state index is -3.99.